The molecule has 0 saturated heterocycles. The van der Waals surface area contributed by atoms with Gasteiger partial charge in [-0.3, -0.25) is 0 Å². The van der Waals surface area contributed by atoms with Gasteiger partial charge in [0.25, 0.3) is 0 Å². The van der Waals surface area contributed by atoms with Crippen molar-refractivity contribution >= 4 is 29.9 Å². The highest BCUT2D eigenvalue weighted by Crippen LogP contribution is 2.54. The van der Waals surface area contributed by atoms with Gasteiger partial charge in [-0.2, -0.15) is 0 Å². The van der Waals surface area contributed by atoms with E-state index in [9.17, 15) is 9.59 Å². The van der Waals surface area contributed by atoms with Crippen LogP contribution < -0.4 is 4.74 Å². The summed E-state index contributed by atoms with van der Waals surface area (Å²) in [7, 11) is 0. The smallest absolute Gasteiger partial charge is 0.343 e. The predicted molar refractivity (Wildman–Crippen MR) is 194 cm³/mol. The van der Waals surface area contributed by atoms with Crippen molar-refractivity contribution in [3.8, 4) is 5.75 Å². The highest BCUT2D eigenvalue weighted by Gasteiger charge is 2.26. The average molecular weight is 635 g/mol. The zero-order valence-corrected chi connectivity index (χ0v) is 28.4. The third-order valence-electron chi connectivity index (χ3n) is 8.24. The lowest BCUT2D eigenvalue weighted by atomic mass is 10.1. The van der Waals surface area contributed by atoms with Gasteiger partial charge in [0, 0.05) is 11.1 Å². The van der Waals surface area contributed by atoms with Crippen LogP contribution >= 0.6 is 6.89 Å². The van der Waals surface area contributed by atoms with Crippen LogP contribution in [0.3, 0.4) is 0 Å². The van der Waals surface area contributed by atoms with Gasteiger partial charge in [-0.05, 0) is 79.4 Å². The molecule has 0 fully saturated rings. The summed E-state index contributed by atoms with van der Waals surface area (Å²) >= 11 is 0. The fourth-order valence-corrected chi connectivity index (χ4v) is 10.9. The van der Waals surface area contributed by atoms with E-state index in [4.69, 9.17) is 9.47 Å². The first kappa shape index (κ1) is 34.7. The molecule has 0 aliphatic carbocycles. The highest BCUT2D eigenvalue weighted by molar-refractivity contribution is 7.77. The molecule has 0 spiro atoms. The second kappa shape index (κ2) is 18.1. The van der Waals surface area contributed by atoms with Crippen LogP contribution in [-0.4, -0.2) is 35.7 Å². The molecule has 4 nitrogen and oxygen atoms in total. The predicted octanol–water partition coefficient (Wildman–Crippen LogP) is 10.7. The van der Waals surface area contributed by atoms with Crippen LogP contribution in [0.2, 0.25) is 0 Å². The molecule has 0 aliphatic heterocycles. The second-order valence-electron chi connectivity index (χ2n) is 11.6. The Kier molecular flexibility index (Phi) is 13.7. The normalized spacial score (nSPS) is 11.6. The van der Waals surface area contributed by atoms with Gasteiger partial charge in [0.2, 0.25) is 0 Å². The van der Waals surface area contributed by atoms with E-state index in [1.54, 1.807) is 24.3 Å². The molecule has 46 heavy (non-hydrogen) atoms. The summed E-state index contributed by atoms with van der Waals surface area (Å²) < 4.78 is 12.5. The number of carbonyl (C=O) groups excluding carboxylic acids is 2. The van der Waals surface area contributed by atoms with Gasteiger partial charge < -0.3 is 9.47 Å². The number of para-hydroxylation sites is 1. The molecule has 0 atom stereocenters. The minimum atomic E-state index is -1.85. The number of rotatable bonds is 16. The first-order valence-corrected chi connectivity index (χ1v) is 19.0. The molecule has 0 heterocycles. The molecule has 0 unspecified atom stereocenters. The van der Waals surface area contributed by atoms with E-state index in [2.05, 4.69) is 32.9 Å². The average Bonchev–Trinajstić information content (AvgIpc) is 3.11. The number of unbranched alkanes of at least 4 members (excludes halogenated alkanes) is 3. The van der Waals surface area contributed by atoms with Crippen molar-refractivity contribution in [3.05, 3.63) is 144 Å². The van der Waals surface area contributed by atoms with Crippen LogP contribution in [0.5, 0.6) is 5.75 Å². The van der Waals surface area contributed by atoms with Crippen molar-refractivity contribution in [1.82, 2.24) is 0 Å². The minimum Gasteiger partial charge on any atom is -0.422 e. The maximum absolute atomic E-state index is 13.5. The van der Waals surface area contributed by atoms with Crippen molar-refractivity contribution in [3.63, 3.8) is 0 Å². The maximum atomic E-state index is 13.5. The van der Waals surface area contributed by atoms with E-state index in [1.165, 1.54) is 0 Å². The molecule has 4 aromatic rings. The third kappa shape index (κ3) is 9.44. The van der Waals surface area contributed by atoms with Crippen molar-refractivity contribution in [1.29, 1.82) is 0 Å². The van der Waals surface area contributed by atoms with E-state index < -0.39 is 18.8 Å². The van der Waals surface area contributed by atoms with Gasteiger partial charge in [0.1, 0.15) is 11.5 Å². The Morgan fingerprint density at radius 2 is 1.00 bits per heavy atom. The Labute approximate surface area is 275 Å². The number of allylic oxidation sites excluding steroid dienone is 1. The van der Waals surface area contributed by atoms with Crippen LogP contribution in [0.15, 0.2) is 121 Å². The molecule has 0 radical (unpaired) electrons. The standard InChI is InChI=1S/C41H47O4P/c1-4-7-29-46(30-8-5-2,31-9-6-3)39(36-27-19-20-28-37(36)44-40(42)34-23-15-11-16-24-34)32-38(33-21-13-10-14-22-33)45-41(43)35-25-17-12-18-26-35/h10-28,32H,4-9,29-31H2,1-3H3/b38-32-. The molecule has 0 saturated carbocycles. The lowest BCUT2D eigenvalue weighted by molar-refractivity contribution is 0.0690. The van der Waals surface area contributed by atoms with E-state index in [0.29, 0.717) is 22.6 Å². The molecule has 4 rings (SSSR count). The zero-order chi connectivity index (χ0) is 32.6. The van der Waals surface area contributed by atoms with Crippen LogP contribution in [0.1, 0.15) is 91.1 Å². The van der Waals surface area contributed by atoms with Crippen molar-refractivity contribution in [2.24, 2.45) is 0 Å². The second-order valence-corrected chi connectivity index (χ2v) is 15.8. The monoisotopic (exact) mass is 634 g/mol. The molecule has 0 bridgehead atoms. The fraction of sp³-hybridized carbons (Fsp3) is 0.293. The number of hydrogen-bond acceptors (Lipinski definition) is 4. The van der Waals surface area contributed by atoms with E-state index in [-0.39, 0.29) is 0 Å². The van der Waals surface area contributed by atoms with Crippen LogP contribution in [0, 0.1) is 0 Å². The Morgan fingerprint density at radius 3 is 1.50 bits per heavy atom. The number of hydrogen-bond donors (Lipinski definition) is 0. The molecule has 5 heteroatoms. The zero-order valence-electron chi connectivity index (χ0n) is 27.5. The van der Waals surface area contributed by atoms with Crippen molar-refractivity contribution in [2.75, 3.05) is 18.5 Å². The van der Waals surface area contributed by atoms with E-state index in [1.807, 2.05) is 84.9 Å². The van der Waals surface area contributed by atoms with Crippen LogP contribution in [0.4, 0.5) is 0 Å². The summed E-state index contributed by atoms with van der Waals surface area (Å²) in [6.45, 7) is 4.89. The largest absolute Gasteiger partial charge is 0.422 e. The van der Waals surface area contributed by atoms with Gasteiger partial charge in [0.15, 0.2) is 0 Å². The van der Waals surface area contributed by atoms with Crippen LogP contribution in [-0.2, 0) is 4.74 Å². The summed E-state index contributed by atoms with van der Waals surface area (Å²) in [6, 6.07) is 35.9. The SMILES string of the molecule is CCCCP(CCCC)(CCCC)=C(/C=C(\OC(=O)c1ccccc1)c1ccccc1)c1ccccc1OC(=O)c1ccccc1. The van der Waals surface area contributed by atoms with Crippen molar-refractivity contribution in [2.45, 2.75) is 59.3 Å². The summed E-state index contributed by atoms with van der Waals surface area (Å²) in [5.74, 6) is 0.231. The van der Waals surface area contributed by atoms with E-state index in [0.717, 1.165) is 73.4 Å². The van der Waals surface area contributed by atoms with Gasteiger partial charge in [-0.25, -0.2) is 9.59 Å². The number of esters is 2. The fourth-order valence-electron chi connectivity index (χ4n) is 5.68. The molecule has 0 N–H and O–H groups in total. The lowest BCUT2D eigenvalue weighted by Gasteiger charge is -2.32. The summed E-state index contributed by atoms with van der Waals surface area (Å²) in [5.41, 5.74) is 2.71. The molecule has 0 amide bonds. The number of carbonyl (C=O) groups is 2. The first-order valence-electron chi connectivity index (χ1n) is 16.7. The molecule has 0 aliphatic rings. The summed E-state index contributed by atoms with van der Waals surface area (Å²) in [6.07, 6.45) is 12.0. The van der Waals surface area contributed by atoms with Gasteiger partial charge in [0.05, 0.1) is 11.1 Å². The van der Waals surface area contributed by atoms with Crippen molar-refractivity contribution < 1.29 is 19.1 Å². The highest BCUT2D eigenvalue weighted by atomic mass is 31.2. The maximum Gasteiger partial charge on any atom is 0.343 e. The Bertz CT molecular complexity index is 1600. The van der Waals surface area contributed by atoms with Gasteiger partial charge in [-0.15, -0.1) is 0 Å². The summed E-state index contributed by atoms with van der Waals surface area (Å²) in [4.78, 5) is 26.9. The number of benzene rings is 4. The van der Waals surface area contributed by atoms with Gasteiger partial charge >= 0.3 is 11.9 Å². The van der Waals surface area contributed by atoms with Gasteiger partial charge in [-0.1, -0.05) is 132 Å². The van der Waals surface area contributed by atoms with Crippen LogP contribution in [0.25, 0.3) is 5.76 Å². The lowest BCUT2D eigenvalue weighted by Crippen LogP contribution is -2.16. The molecule has 4 aromatic carbocycles. The Hall–Kier alpha value is -4.14. The number of ether oxygens (including phenoxy) is 2. The molecule has 0 aromatic heterocycles. The molecule has 240 valence electrons. The third-order valence-corrected chi connectivity index (χ3v) is 13.2. The molecular formula is C41H47O4P. The molecular weight excluding hydrogens is 587 g/mol. The summed E-state index contributed by atoms with van der Waals surface area (Å²) in [5, 5.41) is 1.15. The Morgan fingerprint density at radius 1 is 0.565 bits per heavy atom. The first-order chi connectivity index (χ1) is 22.5. The minimum absolute atomic E-state index is 0.394. The topological polar surface area (TPSA) is 52.6 Å². The quantitative estimate of drug-likeness (QED) is 0.0533. The van der Waals surface area contributed by atoms with E-state index >= 15 is 0 Å². The Balaban J connectivity index is 2.01.